The summed E-state index contributed by atoms with van der Waals surface area (Å²) in [6.45, 7) is 6.65. The maximum absolute atomic E-state index is 13.5. The number of carbonyl (C=O) groups excluding carboxylic acids is 3. The molecule has 2 aromatic rings. The van der Waals surface area contributed by atoms with Gasteiger partial charge in [-0.2, -0.15) is 0 Å². The molecular formula is C29H35ClN4O6. The number of rotatable bonds is 9. The van der Waals surface area contributed by atoms with Gasteiger partial charge in [0.25, 0.3) is 5.91 Å². The number of hydrogen-bond acceptors (Lipinski definition) is 7. The predicted octanol–water partition coefficient (Wildman–Crippen LogP) is 3.72. The van der Waals surface area contributed by atoms with E-state index >= 15 is 0 Å². The number of esters is 1. The highest BCUT2D eigenvalue weighted by atomic mass is 35.5. The summed E-state index contributed by atoms with van der Waals surface area (Å²) in [4.78, 5) is 45.3. The first-order valence-electron chi connectivity index (χ1n) is 13.3. The zero-order valence-electron chi connectivity index (χ0n) is 23.2. The third kappa shape index (κ3) is 6.18. The van der Waals surface area contributed by atoms with Crippen LogP contribution in [0.15, 0.2) is 53.7 Å². The van der Waals surface area contributed by atoms with Gasteiger partial charge in [-0.25, -0.2) is 9.59 Å². The van der Waals surface area contributed by atoms with Crippen molar-refractivity contribution in [1.29, 1.82) is 0 Å². The Hall–Kier alpha value is -3.76. The zero-order valence-corrected chi connectivity index (χ0v) is 24.0. The summed E-state index contributed by atoms with van der Waals surface area (Å²) in [5.74, 6) is 0.503. The van der Waals surface area contributed by atoms with Crippen molar-refractivity contribution in [2.45, 2.75) is 19.9 Å². The smallest absolute Gasteiger partial charge is 0.338 e. The average molecular weight is 571 g/mol. The number of nitrogens with one attached hydrogen (secondary N) is 1. The number of amides is 3. The highest BCUT2D eigenvalue weighted by molar-refractivity contribution is 6.30. The monoisotopic (exact) mass is 570 g/mol. The molecule has 1 unspecified atom stereocenters. The Morgan fingerprint density at radius 2 is 1.70 bits per heavy atom. The van der Waals surface area contributed by atoms with E-state index in [9.17, 15) is 14.4 Å². The van der Waals surface area contributed by atoms with E-state index in [1.165, 1.54) is 7.11 Å². The van der Waals surface area contributed by atoms with Crippen molar-refractivity contribution < 1.29 is 28.6 Å². The van der Waals surface area contributed by atoms with Crippen molar-refractivity contribution in [2.24, 2.45) is 0 Å². The number of ether oxygens (including phenoxy) is 3. The van der Waals surface area contributed by atoms with Crippen LogP contribution in [0.2, 0.25) is 5.02 Å². The number of carbonyl (C=O) groups is 3. The third-order valence-corrected chi connectivity index (χ3v) is 7.37. The lowest BCUT2D eigenvalue weighted by atomic mass is 9.93. The minimum atomic E-state index is -0.804. The second-order valence-corrected chi connectivity index (χ2v) is 9.83. The molecule has 1 N–H and O–H groups in total. The Morgan fingerprint density at radius 3 is 2.30 bits per heavy atom. The van der Waals surface area contributed by atoms with Crippen molar-refractivity contribution in [3.8, 4) is 11.5 Å². The fraction of sp³-hybridized carbons (Fsp3) is 0.414. The van der Waals surface area contributed by atoms with Gasteiger partial charge in [0.2, 0.25) is 0 Å². The standard InChI is InChI=1S/C29H35ClN4O6/c1-5-34-23(18-32-13-15-33(16-14-32)27(35)19-7-9-20(30)10-8-19)25(28(36)40-6-2)26(31-29(34)37)22-17-21(38-3)11-12-24(22)39-4/h7-12,17,26H,5-6,13-16,18H2,1-4H3,(H,31,37). The molecule has 1 atom stereocenters. The molecule has 0 aromatic heterocycles. The maximum Gasteiger partial charge on any atom is 0.338 e. The van der Waals surface area contributed by atoms with Crippen LogP contribution in [0.25, 0.3) is 0 Å². The number of urea groups is 1. The Bertz CT molecular complexity index is 1270. The van der Waals surface area contributed by atoms with Gasteiger partial charge in [0.05, 0.1) is 32.4 Å². The van der Waals surface area contributed by atoms with Crippen LogP contribution in [0.4, 0.5) is 4.79 Å². The van der Waals surface area contributed by atoms with E-state index in [1.807, 2.05) is 6.92 Å². The largest absolute Gasteiger partial charge is 0.497 e. The van der Waals surface area contributed by atoms with Crippen LogP contribution in [0.5, 0.6) is 11.5 Å². The van der Waals surface area contributed by atoms with Crippen molar-refractivity contribution in [2.75, 3.05) is 60.1 Å². The molecule has 0 radical (unpaired) electrons. The van der Waals surface area contributed by atoms with Crippen molar-refractivity contribution in [3.63, 3.8) is 0 Å². The normalized spacial score (nSPS) is 17.9. The second-order valence-electron chi connectivity index (χ2n) is 9.39. The topological polar surface area (TPSA) is 101 Å². The van der Waals surface area contributed by atoms with Crippen LogP contribution in [0, 0.1) is 0 Å². The highest BCUT2D eigenvalue weighted by Crippen LogP contribution is 2.38. The number of hydrogen-bond donors (Lipinski definition) is 1. The van der Waals surface area contributed by atoms with Crippen LogP contribution >= 0.6 is 11.6 Å². The van der Waals surface area contributed by atoms with Crippen LogP contribution < -0.4 is 14.8 Å². The Morgan fingerprint density at radius 1 is 1.00 bits per heavy atom. The first-order valence-corrected chi connectivity index (χ1v) is 13.7. The van der Waals surface area contributed by atoms with E-state index in [4.69, 9.17) is 25.8 Å². The molecule has 0 aliphatic carbocycles. The fourth-order valence-corrected chi connectivity index (χ4v) is 5.18. The molecule has 11 heteroatoms. The molecule has 0 bridgehead atoms. The highest BCUT2D eigenvalue weighted by Gasteiger charge is 2.40. The first-order chi connectivity index (χ1) is 19.3. The van der Waals surface area contributed by atoms with E-state index < -0.39 is 12.0 Å². The molecular weight excluding hydrogens is 536 g/mol. The van der Waals surface area contributed by atoms with Crippen molar-refractivity contribution in [1.82, 2.24) is 20.0 Å². The summed E-state index contributed by atoms with van der Waals surface area (Å²) in [5, 5.41) is 3.55. The van der Waals surface area contributed by atoms with Gasteiger partial charge in [0.1, 0.15) is 11.5 Å². The molecule has 2 aromatic carbocycles. The van der Waals surface area contributed by atoms with Gasteiger partial charge < -0.3 is 24.4 Å². The van der Waals surface area contributed by atoms with E-state index in [0.717, 1.165) is 0 Å². The quantitative estimate of drug-likeness (QED) is 0.459. The molecule has 1 fully saturated rings. The van der Waals surface area contributed by atoms with Crippen LogP contribution in [-0.2, 0) is 9.53 Å². The van der Waals surface area contributed by atoms with Gasteiger partial charge >= 0.3 is 12.0 Å². The fourth-order valence-electron chi connectivity index (χ4n) is 5.05. The lowest BCUT2D eigenvalue weighted by Crippen LogP contribution is -2.53. The van der Waals surface area contributed by atoms with Crippen LogP contribution in [0.1, 0.15) is 35.8 Å². The van der Waals surface area contributed by atoms with Crippen LogP contribution in [-0.4, -0.2) is 92.7 Å². The van der Waals surface area contributed by atoms with E-state index in [1.54, 1.807) is 66.3 Å². The molecule has 2 aliphatic rings. The number of piperazine rings is 1. The summed E-state index contributed by atoms with van der Waals surface area (Å²) in [7, 11) is 3.09. The van der Waals surface area contributed by atoms with E-state index in [0.29, 0.717) is 78.2 Å². The predicted molar refractivity (Wildman–Crippen MR) is 151 cm³/mol. The van der Waals surface area contributed by atoms with Gasteiger partial charge in [0, 0.05) is 61.1 Å². The van der Waals surface area contributed by atoms with Crippen molar-refractivity contribution >= 4 is 29.5 Å². The SMILES string of the molecule is CCOC(=O)C1=C(CN2CCN(C(=O)c3ccc(Cl)cc3)CC2)N(CC)C(=O)NC1c1cc(OC)ccc1OC. The molecule has 2 heterocycles. The van der Waals surface area contributed by atoms with Gasteiger partial charge in [-0.15, -0.1) is 0 Å². The summed E-state index contributed by atoms with van der Waals surface area (Å²) in [6.07, 6.45) is 0. The van der Waals surface area contributed by atoms with Gasteiger partial charge in [-0.1, -0.05) is 11.6 Å². The molecule has 2 aliphatic heterocycles. The molecule has 4 rings (SSSR count). The van der Waals surface area contributed by atoms with Gasteiger partial charge in [0.15, 0.2) is 0 Å². The Balaban J connectivity index is 1.65. The third-order valence-electron chi connectivity index (χ3n) is 7.12. The summed E-state index contributed by atoms with van der Waals surface area (Å²) >= 11 is 5.97. The molecule has 10 nitrogen and oxygen atoms in total. The lowest BCUT2D eigenvalue weighted by Gasteiger charge is -2.40. The lowest BCUT2D eigenvalue weighted by molar-refractivity contribution is -0.139. The van der Waals surface area contributed by atoms with Crippen LogP contribution in [0.3, 0.4) is 0 Å². The van der Waals surface area contributed by atoms with E-state index in [-0.39, 0.29) is 18.5 Å². The second kappa shape index (κ2) is 13.1. The summed E-state index contributed by atoms with van der Waals surface area (Å²) in [5.41, 5.74) is 2.08. The van der Waals surface area contributed by atoms with Crippen molar-refractivity contribution in [3.05, 3.63) is 69.9 Å². The minimum absolute atomic E-state index is 0.0554. The zero-order chi connectivity index (χ0) is 28.8. The summed E-state index contributed by atoms with van der Waals surface area (Å²) in [6, 6.07) is 11.0. The summed E-state index contributed by atoms with van der Waals surface area (Å²) < 4.78 is 16.5. The molecule has 40 heavy (non-hydrogen) atoms. The molecule has 214 valence electrons. The Labute approximate surface area is 239 Å². The maximum atomic E-state index is 13.5. The minimum Gasteiger partial charge on any atom is -0.497 e. The Kier molecular flexibility index (Phi) is 9.54. The number of likely N-dealkylation sites (N-methyl/N-ethyl adjacent to an activating group) is 1. The molecule has 3 amide bonds. The molecule has 1 saturated heterocycles. The first kappa shape index (κ1) is 29.2. The van der Waals surface area contributed by atoms with Gasteiger partial charge in [-0.05, 0) is 56.3 Å². The average Bonchev–Trinajstić information content (AvgIpc) is 2.97. The number of methoxy groups -OCH3 is 2. The van der Waals surface area contributed by atoms with E-state index in [2.05, 4.69) is 10.2 Å². The number of halogens is 1. The van der Waals surface area contributed by atoms with Gasteiger partial charge in [-0.3, -0.25) is 14.6 Å². The molecule has 0 spiro atoms. The number of nitrogens with zero attached hydrogens (tertiary/aromatic N) is 3. The number of benzene rings is 2. The molecule has 0 saturated carbocycles.